The number of benzene rings is 1. The number of hydrogen-bond acceptors (Lipinski definition) is 2. The average Bonchev–Trinajstić information content (AvgIpc) is 2.64. The molecule has 0 aromatic heterocycles. The SMILES string of the molecule is C=CCCCCCCOCC1CCC(c2ccc(C#N)cc2)CC1. The third-order valence-corrected chi connectivity index (χ3v) is 5.16. The van der Waals surface area contributed by atoms with Crippen LogP contribution in [0.5, 0.6) is 0 Å². The summed E-state index contributed by atoms with van der Waals surface area (Å²) in [4.78, 5) is 0. The first-order valence-corrected chi connectivity index (χ1v) is 9.52. The van der Waals surface area contributed by atoms with Gasteiger partial charge in [0.25, 0.3) is 0 Å². The van der Waals surface area contributed by atoms with Crippen LogP contribution < -0.4 is 0 Å². The topological polar surface area (TPSA) is 33.0 Å². The van der Waals surface area contributed by atoms with Gasteiger partial charge in [0.05, 0.1) is 11.6 Å². The number of hydrogen-bond donors (Lipinski definition) is 0. The molecule has 2 rings (SSSR count). The molecule has 1 aromatic carbocycles. The van der Waals surface area contributed by atoms with E-state index in [0.29, 0.717) is 5.92 Å². The van der Waals surface area contributed by atoms with Crippen molar-refractivity contribution in [3.8, 4) is 6.07 Å². The molecule has 1 saturated carbocycles. The zero-order valence-electron chi connectivity index (χ0n) is 14.9. The van der Waals surface area contributed by atoms with Crippen LogP contribution in [0.15, 0.2) is 36.9 Å². The van der Waals surface area contributed by atoms with Gasteiger partial charge in [0, 0.05) is 13.2 Å². The van der Waals surface area contributed by atoms with Crippen LogP contribution in [0.2, 0.25) is 0 Å². The predicted octanol–water partition coefficient (Wildman–Crippen LogP) is 5.99. The standard InChI is InChI=1S/C22H31NO/c1-2-3-4-5-6-7-16-24-18-20-10-14-22(15-11-20)21-12-8-19(17-23)9-13-21/h2,8-9,12-13,20,22H,1,3-7,10-11,14-16,18H2. The van der Waals surface area contributed by atoms with E-state index in [1.807, 2.05) is 18.2 Å². The van der Waals surface area contributed by atoms with Crippen LogP contribution in [0.1, 0.15) is 74.8 Å². The summed E-state index contributed by atoms with van der Waals surface area (Å²) >= 11 is 0. The first kappa shape index (κ1) is 18.7. The normalized spacial score (nSPS) is 20.5. The maximum atomic E-state index is 8.88. The van der Waals surface area contributed by atoms with Crippen LogP contribution >= 0.6 is 0 Å². The number of nitrogens with zero attached hydrogens (tertiary/aromatic N) is 1. The molecule has 1 aliphatic carbocycles. The van der Waals surface area contributed by atoms with Crippen molar-refractivity contribution in [2.75, 3.05) is 13.2 Å². The summed E-state index contributed by atoms with van der Waals surface area (Å²) in [5, 5.41) is 8.88. The summed E-state index contributed by atoms with van der Waals surface area (Å²) in [6.45, 7) is 5.61. The molecular formula is C22H31NO. The molecule has 2 nitrogen and oxygen atoms in total. The van der Waals surface area contributed by atoms with Crippen molar-refractivity contribution in [2.24, 2.45) is 5.92 Å². The Bertz CT molecular complexity index is 506. The van der Waals surface area contributed by atoms with Gasteiger partial charge in [-0.15, -0.1) is 6.58 Å². The van der Waals surface area contributed by atoms with E-state index in [4.69, 9.17) is 10.00 Å². The van der Waals surface area contributed by atoms with E-state index in [1.54, 1.807) is 0 Å². The summed E-state index contributed by atoms with van der Waals surface area (Å²) in [6.07, 6.45) is 13.2. The van der Waals surface area contributed by atoms with Crippen molar-refractivity contribution in [1.29, 1.82) is 5.26 Å². The molecule has 0 heterocycles. The number of ether oxygens (including phenoxy) is 1. The molecule has 130 valence electrons. The van der Waals surface area contributed by atoms with Gasteiger partial charge >= 0.3 is 0 Å². The molecule has 0 spiro atoms. The molecule has 1 fully saturated rings. The fourth-order valence-electron chi connectivity index (χ4n) is 3.59. The van der Waals surface area contributed by atoms with Crippen molar-refractivity contribution in [2.45, 2.75) is 63.7 Å². The van der Waals surface area contributed by atoms with Gasteiger partial charge in [-0.05, 0) is 74.5 Å². The van der Waals surface area contributed by atoms with Crippen LogP contribution in [0.3, 0.4) is 0 Å². The lowest BCUT2D eigenvalue weighted by Crippen LogP contribution is -2.18. The fraction of sp³-hybridized carbons (Fsp3) is 0.591. The zero-order valence-corrected chi connectivity index (χ0v) is 14.9. The molecule has 0 amide bonds. The highest BCUT2D eigenvalue weighted by molar-refractivity contribution is 5.33. The van der Waals surface area contributed by atoms with E-state index in [2.05, 4.69) is 24.8 Å². The molecule has 0 saturated heterocycles. The van der Waals surface area contributed by atoms with Crippen LogP contribution in [0.25, 0.3) is 0 Å². The van der Waals surface area contributed by atoms with Crippen molar-refractivity contribution in [3.63, 3.8) is 0 Å². The molecule has 2 heteroatoms. The Labute approximate surface area is 147 Å². The van der Waals surface area contributed by atoms with Crippen LogP contribution in [0, 0.1) is 17.2 Å². The lowest BCUT2D eigenvalue weighted by atomic mass is 9.79. The van der Waals surface area contributed by atoms with Crippen molar-refractivity contribution in [3.05, 3.63) is 48.0 Å². The zero-order chi connectivity index (χ0) is 17.0. The third kappa shape index (κ3) is 6.49. The van der Waals surface area contributed by atoms with Gasteiger partial charge in [0.2, 0.25) is 0 Å². The Hall–Kier alpha value is -1.59. The van der Waals surface area contributed by atoms with E-state index < -0.39 is 0 Å². The molecule has 1 aliphatic rings. The highest BCUT2D eigenvalue weighted by atomic mass is 16.5. The van der Waals surface area contributed by atoms with Crippen LogP contribution in [-0.4, -0.2) is 13.2 Å². The van der Waals surface area contributed by atoms with Gasteiger partial charge in [-0.1, -0.05) is 31.1 Å². The van der Waals surface area contributed by atoms with Crippen molar-refractivity contribution < 1.29 is 4.74 Å². The summed E-state index contributed by atoms with van der Waals surface area (Å²) in [6, 6.07) is 10.3. The second-order valence-electron chi connectivity index (χ2n) is 7.02. The first-order valence-electron chi connectivity index (χ1n) is 9.52. The minimum absolute atomic E-state index is 0.666. The monoisotopic (exact) mass is 325 g/mol. The third-order valence-electron chi connectivity index (χ3n) is 5.16. The Kier molecular flexibility index (Phi) is 8.63. The van der Waals surface area contributed by atoms with Gasteiger partial charge in [-0.25, -0.2) is 0 Å². The van der Waals surface area contributed by atoms with Gasteiger partial charge < -0.3 is 4.74 Å². The summed E-state index contributed by atoms with van der Waals surface area (Å²) in [7, 11) is 0. The molecule has 0 unspecified atom stereocenters. The highest BCUT2D eigenvalue weighted by Crippen LogP contribution is 2.35. The van der Waals surface area contributed by atoms with Gasteiger partial charge in [0.15, 0.2) is 0 Å². The van der Waals surface area contributed by atoms with Gasteiger partial charge in [-0.2, -0.15) is 5.26 Å². The lowest BCUT2D eigenvalue weighted by molar-refractivity contribution is 0.0800. The maximum absolute atomic E-state index is 8.88. The van der Waals surface area contributed by atoms with Crippen LogP contribution in [-0.2, 0) is 4.74 Å². The minimum atomic E-state index is 0.666. The number of rotatable bonds is 10. The number of unbranched alkanes of at least 4 members (excludes halogenated alkanes) is 4. The van der Waals surface area contributed by atoms with E-state index in [0.717, 1.165) is 31.1 Å². The van der Waals surface area contributed by atoms with E-state index in [-0.39, 0.29) is 0 Å². The maximum Gasteiger partial charge on any atom is 0.0991 e. The molecule has 0 atom stereocenters. The molecule has 0 aliphatic heterocycles. The summed E-state index contributed by atoms with van der Waals surface area (Å²) in [5.74, 6) is 1.40. The largest absolute Gasteiger partial charge is 0.381 e. The molecule has 0 radical (unpaired) electrons. The Morgan fingerprint density at radius 2 is 1.75 bits per heavy atom. The van der Waals surface area contributed by atoms with Gasteiger partial charge in [0.1, 0.15) is 0 Å². The van der Waals surface area contributed by atoms with Crippen LogP contribution in [0.4, 0.5) is 0 Å². The quantitative estimate of drug-likeness (QED) is 0.391. The molecule has 1 aromatic rings. The lowest BCUT2D eigenvalue weighted by Gasteiger charge is -2.28. The Morgan fingerprint density at radius 1 is 1.04 bits per heavy atom. The summed E-state index contributed by atoms with van der Waals surface area (Å²) < 4.78 is 5.89. The smallest absolute Gasteiger partial charge is 0.0991 e. The van der Waals surface area contributed by atoms with E-state index in [1.165, 1.54) is 56.9 Å². The Morgan fingerprint density at radius 3 is 2.42 bits per heavy atom. The average molecular weight is 325 g/mol. The van der Waals surface area contributed by atoms with E-state index >= 15 is 0 Å². The first-order chi connectivity index (χ1) is 11.8. The van der Waals surface area contributed by atoms with Gasteiger partial charge in [-0.3, -0.25) is 0 Å². The number of nitriles is 1. The van der Waals surface area contributed by atoms with Crippen molar-refractivity contribution >= 4 is 0 Å². The summed E-state index contributed by atoms with van der Waals surface area (Å²) in [5.41, 5.74) is 2.15. The number of allylic oxidation sites excluding steroid dienone is 1. The molecule has 0 N–H and O–H groups in total. The highest BCUT2D eigenvalue weighted by Gasteiger charge is 2.22. The fourth-order valence-corrected chi connectivity index (χ4v) is 3.59. The van der Waals surface area contributed by atoms with Crippen molar-refractivity contribution in [1.82, 2.24) is 0 Å². The molecule has 24 heavy (non-hydrogen) atoms. The predicted molar refractivity (Wildman–Crippen MR) is 100.0 cm³/mol. The second-order valence-corrected chi connectivity index (χ2v) is 7.02. The molecule has 0 bridgehead atoms. The molecular weight excluding hydrogens is 294 g/mol. The second kappa shape index (κ2) is 11.0. The Balaban J connectivity index is 1.56. The van der Waals surface area contributed by atoms with E-state index in [9.17, 15) is 0 Å². The minimum Gasteiger partial charge on any atom is -0.381 e.